The highest BCUT2D eigenvalue weighted by molar-refractivity contribution is 5.79. The van der Waals surface area contributed by atoms with Gasteiger partial charge in [-0.15, -0.1) is 0 Å². The van der Waals surface area contributed by atoms with Crippen molar-refractivity contribution >= 4 is 5.96 Å². The molecule has 0 fully saturated rings. The zero-order valence-corrected chi connectivity index (χ0v) is 16.3. The number of hydrogen-bond acceptors (Lipinski definition) is 2. The summed E-state index contributed by atoms with van der Waals surface area (Å²) in [5.41, 5.74) is 0.398. The first kappa shape index (κ1) is 21.2. The summed E-state index contributed by atoms with van der Waals surface area (Å²) in [5, 5.41) is 6.91. The van der Waals surface area contributed by atoms with Crippen LogP contribution in [0.3, 0.4) is 0 Å². The van der Waals surface area contributed by atoms with Crippen molar-refractivity contribution < 1.29 is 0 Å². The molecule has 0 aliphatic carbocycles. The van der Waals surface area contributed by atoms with Crippen molar-refractivity contribution in [2.24, 2.45) is 10.4 Å². The summed E-state index contributed by atoms with van der Waals surface area (Å²) in [6, 6.07) is 1.09. The molecule has 0 radical (unpaired) electrons. The minimum atomic E-state index is 0.398. The predicted octanol–water partition coefficient (Wildman–Crippen LogP) is 3.49. The zero-order chi connectivity index (χ0) is 17.2. The lowest BCUT2D eigenvalue weighted by Gasteiger charge is -2.23. The molecule has 0 aromatic rings. The Kier molecular flexibility index (Phi) is 10.5. The standard InChI is InChI=1S/C18H40N4/c1-15(2)22(8)14-10-9-13-20-17(19-7)21-16(3)11-12-18(4,5)6/h15-16H,9-14H2,1-8H3,(H2,19,20,21). The fourth-order valence-electron chi connectivity index (χ4n) is 2.10. The van der Waals surface area contributed by atoms with Gasteiger partial charge in [0, 0.05) is 25.7 Å². The second-order valence-electron chi connectivity index (χ2n) is 7.93. The zero-order valence-electron chi connectivity index (χ0n) is 16.3. The van der Waals surface area contributed by atoms with E-state index in [0.29, 0.717) is 17.5 Å². The summed E-state index contributed by atoms with van der Waals surface area (Å²) in [6.07, 6.45) is 4.79. The summed E-state index contributed by atoms with van der Waals surface area (Å²) < 4.78 is 0. The van der Waals surface area contributed by atoms with E-state index in [9.17, 15) is 0 Å². The van der Waals surface area contributed by atoms with Gasteiger partial charge >= 0.3 is 0 Å². The molecule has 22 heavy (non-hydrogen) atoms. The fourth-order valence-corrected chi connectivity index (χ4v) is 2.10. The minimum Gasteiger partial charge on any atom is -0.356 e. The number of nitrogens with one attached hydrogen (secondary N) is 2. The monoisotopic (exact) mass is 312 g/mol. The van der Waals surface area contributed by atoms with Crippen molar-refractivity contribution in [2.45, 2.75) is 79.3 Å². The Morgan fingerprint density at radius 2 is 1.77 bits per heavy atom. The van der Waals surface area contributed by atoms with Gasteiger partial charge in [0.15, 0.2) is 5.96 Å². The SMILES string of the molecule is CN=C(NCCCCN(C)C(C)C)NC(C)CCC(C)(C)C. The molecule has 1 atom stereocenters. The molecule has 0 spiro atoms. The highest BCUT2D eigenvalue weighted by atomic mass is 15.2. The van der Waals surface area contributed by atoms with Gasteiger partial charge in [0.2, 0.25) is 0 Å². The summed E-state index contributed by atoms with van der Waals surface area (Å²) in [6.45, 7) is 15.7. The minimum absolute atomic E-state index is 0.398. The van der Waals surface area contributed by atoms with E-state index >= 15 is 0 Å². The Morgan fingerprint density at radius 3 is 2.27 bits per heavy atom. The third-order valence-corrected chi connectivity index (χ3v) is 4.05. The lowest BCUT2D eigenvalue weighted by molar-refractivity contribution is 0.268. The van der Waals surface area contributed by atoms with Crippen molar-refractivity contribution in [1.82, 2.24) is 15.5 Å². The van der Waals surface area contributed by atoms with Gasteiger partial charge in [0.25, 0.3) is 0 Å². The van der Waals surface area contributed by atoms with Gasteiger partial charge < -0.3 is 15.5 Å². The molecule has 132 valence electrons. The molecule has 0 bridgehead atoms. The van der Waals surface area contributed by atoms with Crippen molar-refractivity contribution in [2.75, 3.05) is 27.2 Å². The first-order chi connectivity index (χ1) is 10.2. The van der Waals surface area contributed by atoms with Crippen LogP contribution in [0.4, 0.5) is 0 Å². The molecule has 0 saturated carbocycles. The van der Waals surface area contributed by atoms with E-state index < -0.39 is 0 Å². The van der Waals surface area contributed by atoms with Crippen molar-refractivity contribution in [3.05, 3.63) is 0 Å². The maximum Gasteiger partial charge on any atom is 0.191 e. The number of aliphatic imine (C=N–C) groups is 1. The van der Waals surface area contributed by atoms with Gasteiger partial charge in [-0.3, -0.25) is 4.99 Å². The lowest BCUT2D eigenvalue weighted by Crippen LogP contribution is -2.42. The van der Waals surface area contributed by atoms with Crippen LogP contribution in [-0.2, 0) is 0 Å². The van der Waals surface area contributed by atoms with Gasteiger partial charge in [0.05, 0.1) is 0 Å². The third kappa shape index (κ3) is 11.8. The maximum absolute atomic E-state index is 4.32. The maximum atomic E-state index is 4.32. The molecule has 1 unspecified atom stereocenters. The van der Waals surface area contributed by atoms with Crippen molar-refractivity contribution in [3.8, 4) is 0 Å². The molecule has 0 saturated heterocycles. The van der Waals surface area contributed by atoms with Crippen LogP contribution in [0.15, 0.2) is 4.99 Å². The van der Waals surface area contributed by atoms with E-state index in [4.69, 9.17) is 0 Å². The van der Waals surface area contributed by atoms with Crippen LogP contribution in [0.5, 0.6) is 0 Å². The average Bonchev–Trinajstić information content (AvgIpc) is 2.42. The van der Waals surface area contributed by atoms with Gasteiger partial charge in [-0.2, -0.15) is 0 Å². The van der Waals surface area contributed by atoms with E-state index in [0.717, 1.165) is 19.0 Å². The predicted molar refractivity (Wildman–Crippen MR) is 99.6 cm³/mol. The molecule has 0 amide bonds. The Balaban J connectivity index is 3.84. The van der Waals surface area contributed by atoms with Crippen LogP contribution in [0.25, 0.3) is 0 Å². The third-order valence-electron chi connectivity index (χ3n) is 4.05. The Morgan fingerprint density at radius 1 is 1.14 bits per heavy atom. The second kappa shape index (κ2) is 10.9. The van der Waals surface area contributed by atoms with E-state index in [1.165, 1.54) is 25.7 Å². The number of unbranched alkanes of at least 4 members (excludes halogenated alkanes) is 1. The van der Waals surface area contributed by atoms with E-state index in [1.54, 1.807) is 0 Å². The second-order valence-corrected chi connectivity index (χ2v) is 7.93. The van der Waals surface area contributed by atoms with E-state index in [2.05, 4.69) is 69.1 Å². The molecular weight excluding hydrogens is 272 g/mol. The Hall–Kier alpha value is -0.770. The van der Waals surface area contributed by atoms with Gasteiger partial charge in [-0.1, -0.05) is 20.8 Å². The largest absolute Gasteiger partial charge is 0.356 e. The number of nitrogens with zero attached hydrogens (tertiary/aromatic N) is 2. The van der Waals surface area contributed by atoms with Crippen LogP contribution in [0, 0.1) is 5.41 Å². The lowest BCUT2D eigenvalue weighted by atomic mass is 9.89. The van der Waals surface area contributed by atoms with Crippen LogP contribution < -0.4 is 10.6 Å². The van der Waals surface area contributed by atoms with Crippen LogP contribution in [0.2, 0.25) is 0 Å². The molecular formula is C18H40N4. The number of guanidine groups is 1. The summed E-state index contributed by atoms with van der Waals surface area (Å²) >= 11 is 0. The topological polar surface area (TPSA) is 39.7 Å². The molecule has 4 heteroatoms. The Labute approximate surface area is 139 Å². The first-order valence-electron chi connectivity index (χ1n) is 8.83. The highest BCUT2D eigenvalue weighted by Gasteiger charge is 2.13. The van der Waals surface area contributed by atoms with Crippen LogP contribution >= 0.6 is 0 Å². The molecule has 0 aliphatic heterocycles. The smallest absolute Gasteiger partial charge is 0.191 e. The normalized spacial score (nSPS) is 14.5. The molecule has 4 nitrogen and oxygen atoms in total. The van der Waals surface area contributed by atoms with Gasteiger partial charge in [0.1, 0.15) is 0 Å². The molecule has 0 aromatic carbocycles. The fraction of sp³-hybridized carbons (Fsp3) is 0.944. The molecule has 0 aliphatic rings. The number of rotatable bonds is 9. The highest BCUT2D eigenvalue weighted by Crippen LogP contribution is 2.21. The van der Waals surface area contributed by atoms with Gasteiger partial charge in [-0.05, 0) is 65.5 Å². The molecule has 0 aromatic heterocycles. The molecule has 0 heterocycles. The van der Waals surface area contributed by atoms with Gasteiger partial charge in [-0.25, -0.2) is 0 Å². The van der Waals surface area contributed by atoms with Crippen LogP contribution in [-0.4, -0.2) is 50.1 Å². The molecule has 2 N–H and O–H groups in total. The summed E-state index contributed by atoms with van der Waals surface area (Å²) in [4.78, 5) is 6.71. The Bertz CT molecular complexity index is 305. The molecule has 0 rings (SSSR count). The van der Waals surface area contributed by atoms with E-state index in [1.807, 2.05) is 7.05 Å². The average molecular weight is 313 g/mol. The van der Waals surface area contributed by atoms with Crippen molar-refractivity contribution in [1.29, 1.82) is 0 Å². The quantitative estimate of drug-likeness (QED) is 0.389. The summed E-state index contributed by atoms with van der Waals surface area (Å²) in [5.74, 6) is 0.929. The summed E-state index contributed by atoms with van der Waals surface area (Å²) in [7, 11) is 4.04. The van der Waals surface area contributed by atoms with Crippen molar-refractivity contribution in [3.63, 3.8) is 0 Å². The number of hydrogen-bond donors (Lipinski definition) is 2. The van der Waals surface area contributed by atoms with Crippen LogP contribution in [0.1, 0.15) is 67.2 Å². The first-order valence-corrected chi connectivity index (χ1v) is 8.83. The van der Waals surface area contributed by atoms with E-state index in [-0.39, 0.29) is 0 Å².